The van der Waals surface area contributed by atoms with Crippen LogP contribution in [0, 0.1) is 5.41 Å². The Morgan fingerprint density at radius 3 is 2.62 bits per heavy atom. The zero-order chi connectivity index (χ0) is 19.7. The van der Waals surface area contributed by atoms with Gasteiger partial charge in [0.15, 0.2) is 0 Å². The third kappa shape index (κ3) is 2.16. The van der Waals surface area contributed by atoms with Gasteiger partial charge in [0.2, 0.25) is 0 Å². The van der Waals surface area contributed by atoms with E-state index >= 15 is 0 Å². The highest BCUT2D eigenvalue weighted by Crippen LogP contribution is 2.67. The second-order valence-electron chi connectivity index (χ2n) is 8.56. The fourth-order valence-corrected chi connectivity index (χ4v) is 5.67. The second-order valence-corrected chi connectivity index (χ2v) is 8.97. The van der Waals surface area contributed by atoms with E-state index in [4.69, 9.17) is 36.5 Å². The Hall–Kier alpha value is -2.31. The molecule has 6 rings (SSSR count). The van der Waals surface area contributed by atoms with Crippen molar-refractivity contribution in [2.45, 2.75) is 36.8 Å². The summed E-state index contributed by atoms with van der Waals surface area (Å²) in [5.74, 6) is 0.875. The van der Waals surface area contributed by atoms with Crippen LogP contribution in [0.2, 0.25) is 5.02 Å². The average Bonchev–Trinajstić information content (AvgIpc) is 3.03. The van der Waals surface area contributed by atoms with Crippen LogP contribution >= 0.6 is 11.6 Å². The van der Waals surface area contributed by atoms with E-state index in [0.29, 0.717) is 31.3 Å². The van der Waals surface area contributed by atoms with Crippen molar-refractivity contribution in [2.75, 3.05) is 19.8 Å². The van der Waals surface area contributed by atoms with Gasteiger partial charge in [0.05, 0.1) is 29.3 Å². The molecule has 1 aromatic carbocycles. The number of benzene rings is 1. The molecule has 4 aliphatic rings. The summed E-state index contributed by atoms with van der Waals surface area (Å²) < 4.78 is 18.2. The minimum atomic E-state index is -0.576. The summed E-state index contributed by atoms with van der Waals surface area (Å²) >= 11 is 6.34. The molecule has 6 nitrogen and oxygen atoms in total. The molecule has 1 aliphatic carbocycles. The van der Waals surface area contributed by atoms with E-state index in [1.54, 1.807) is 6.20 Å². The molecule has 3 aliphatic heterocycles. The first-order chi connectivity index (χ1) is 14.1. The number of ether oxygens (including phenoxy) is 3. The van der Waals surface area contributed by atoms with Crippen LogP contribution in [0.5, 0.6) is 5.75 Å². The van der Waals surface area contributed by atoms with Gasteiger partial charge >= 0.3 is 0 Å². The molecule has 0 bridgehead atoms. The average molecular weight is 412 g/mol. The zero-order valence-corrected chi connectivity index (χ0v) is 16.7. The van der Waals surface area contributed by atoms with E-state index in [9.17, 15) is 0 Å². The highest BCUT2D eigenvalue weighted by molar-refractivity contribution is 6.31. The number of nitrogens with zero attached hydrogens (tertiary/aromatic N) is 2. The van der Waals surface area contributed by atoms with Crippen LogP contribution in [0.25, 0.3) is 0 Å². The maximum atomic E-state index is 6.68. The van der Waals surface area contributed by atoms with Gasteiger partial charge in [-0.05, 0) is 49.1 Å². The van der Waals surface area contributed by atoms with Crippen LogP contribution in [0.4, 0.5) is 0 Å². The highest BCUT2D eigenvalue weighted by Gasteiger charge is 2.75. The lowest BCUT2D eigenvalue weighted by Crippen LogP contribution is -2.75. The topological polar surface area (TPSA) is 79.0 Å². The monoisotopic (exact) mass is 411 g/mol. The number of rotatable bonds is 2. The van der Waals surface area contributed by atoms with E-state index in [1.165, 1.54) is 0 Å². The Morgan fingerprint density at radius 1 is 1.14 bits per heavy atom. The molecule has 1 unspecified atom stereocenters. The number of aromatic nitrogens is 1. The summed E-state index contributed by atoms with van der Waals surface area (Å²) in [6.07, 6.45) is 5.58. The van der Waals surface area contributed by atoms with E-state index in [0.717, 1.165) is 41.8 Å². The Labute approximate surface area is 174 Å². The summed E-state index contributed by atoms with van der Waals surface area (Å²) in [5, 5.41) is 0.667. The molecule has 1 saturated heterocycles. The molecule has 2 fully saturated rings. The molecule has 4 heterocycles. The maximum Gasteiger partial charge on any atom is 0.283 e. The Balaban J connectivity index is 1.50. The Bertz CT molecular complexity index is 1030. The molecular weight excluding hydrogens is 390 g/mol. The van der Waals surface area contributed by atoms with E-state index in [-0.39, 0.29) is 17.0 Å². The van der Waals surface area contributed by atoms with Crippen molar-refractivity contribution in [2.24, 2.45) is 16.1 Å². The first kappa shape index (κ1) is 17.5. The third-order valence-electron chi connectivity index (χ3n) is 7.25. The van der Waals surface area contributed by atoms with Gasteiger partial charge in [-0.3, -0.25) is 4.98 Å². The lowest BCUT2D eigenvalue weighted by atomic mass is 9.49. The molecule has 1 saturated carbocycles. The summed E-state index contributed by atoms with van der Waals surface area (Å²) in [4.78, 5) is 9.34. The normalized spacial score (nSPS) is 27.6. The molecule has 2 aromatic rings. The predicted molar refractivity (Wildman–Crippen MR) is 108 cm³/mol. The molecule has 7 heteroatoms. The number of hydrogen-bond acceptors (Lipinski definition) is 6. The fraction of sp³-hybridized carbons (Fsp3) is 0.455. The number of halogens is 1. The van der Waals surface area contributed by atoms with Crippen LogP contribution in [-0.2, 0) is 21.4 Å². The lowest BCUT2D eigenvalue weighted by molar-refractivity contribution is -0.281. The number of nitrogens with two attached hydrogens (primary N) is 1. The lowest BCUT2D eigenvalue weighted by Gasteiger charge is -2.66. The van der Waals surface area contributed by atoms with Crippen molar-refractivity contribution in [1.29, 1.82) is 0 Å². The molecule has 150 valence electrons. The van der Waals surface area contributed by atoms with Crippen molar-refractivity contribution in [3.05, 3.63) is 58.4 Å². The van der Waals surface area contributed by atoms with Gasteiger partial charge < -0.3 is 19.9 Å². The van der Waals surface area contributed by atoms with Crippen molar-refractivity contribution >= 4 is 17.6 Å². The summed E-state index contributed by atoms with van der Waals surface area (Å²) in [6, 6.07) is 10.3. The maximum absolute atomic E-state index is 6.68. The highest BCUT2D eigenvalue weighted by atomic mass is 35.5. The number of hydrogen-bond donors (Lipinski definition) is 1. The van der Waals surface area contributed by atoms with Gasteiger partial charge in [-0.15, -0.1) is 0 Å². The quantitative estimate of drug-likeness (QED) is 0.820. The smallest absolute Gasteiger partial charge is 0.283 e. The SMILES string of the molecule is NC1=NC2(CO1)c1cc(Cc3ncccc3Cl)ccc1OC1(CCC1)C21COC1. The predicted octanol–water partition coefficient (Wildman–Crippen LogP) is 3.20. The van der Waals surface area contributed by atoms with Gasteiger partial charge in [0.1, 0.15) is 23.5 Å². The number of fused-ring (bicyclic) bond motifs is 4. The minimum Gasteiger partial charge on any atom is -0.486 e. The standard InChI is InChI=1S/C22H22ClN3O3/c23-16-3-1-8-25-17(16)10-14-4-5-18-15(9-14)22(13-28-19(24)26-22)20(11-27-12-20)21(29-18)6-2-7-21/h1,3-5,8-9H,2,6-7,10-13H2,(H2,24,26). The molecule has 1 aromatic heterocycles. The number of amidine groups is 1. The molecule has 0 amide bonds. The van der Waals surface area contributed by atoms with Crippen molar-refractivity contribution in [3.63, 3.8) is 0 Å². The molecule has 2 N–H and O–H groups in total. The zero-order valence-electron chi connectivity index (χ0n) is 16.0. The first-order valence-electron chi connectivity index (χ1n) is 10.1. The number of pyridine rings is 1. The first-order valence-corrected chi connectivity index (χ1v) is 10.4. The number of aliphatic imine (C=N–C) groups is 1. The van der Waals surface area contributed by atoms with Gasteiger partial charge in [-0.25, -0.2) is 4.99 Å². The minimum absolute atomic E-state index is 0.242. The molecule has 29 heavy (non-hydrogen) atoms. The summed E-state index contributed by atoms with van der Waals surface area (Å²) in [5.41, 5.74) is 7.96. The van der Waals surface area contributed by atoms with Crippen LogP contribution in [0.3, 0.4) is 0 Å². The third-order valence-corrected chi connectivity index (χ3v) is 7.60. The molecule has 1 atom stereocenters. The van der Waals surface area contributed by atoms with Crippen LogP contribution in [0.15, 0.2) is 41.5 Å². The fourth-order valence-electron chi connectivity index (χ4n) is 5.48. The van der Waals surface area contributed by atoms with Gasteiger partial charge in [-0.2, -0.15) is 0 Å². The molecule has 0 radical (unpaired) electrons. The van der Waals surface area contributed by atoms with E-state index < -0.39 is 5.54 Å². The van der Waals surface area contributed by atoms with Crippen LogP contribution < -0.4 is 10.5 Å². The van der Waals surface area contributed by atoms with Crippen LogP contribution in [0.1, 0.15) is 36.1 Å². The van der Waals surface area contributed by atoms with Crippen LogP contribution in [-0.4, -0.2) is 36.4 Å². The van der Waals surface area contributed by atoms with Gasteiger partial charge in [0, 0.05) is 18.2 Å². The molecule has 3 spiro atoms. The summed E-state index contributed by atoms with van der Waals surface area (Å²) in [7, 11) is 0. The Kier molecular flexibility index (Phi) is 3.55. The van der Waals surface area contributed by atoms with E-state index in [1.807, 2.05) is 12.1 Å². The summed E-state index contributed by atoms with van der Waals surface area (Å²) in [6.45, 7) is 1.65. The van der Waals surface area contributed by atoms with Crippen molar-refractivity contribution in [1.82, 2.24) is 4.98 Å². The van der Waals surface area contributed by atoms with Gasteiger partial charge in [0.25, 0.3) is 6.02 Å². The van der Waals surface area contributed by atoms with Crippen molar-refractivity contribution in [3.8, 4) is 5.75 Å². The Morgan fingerprint density at radius 2 is 2.00 bits per heavy atom. The van der Waals surface area contributed by atoms with Gasteiger partial charge in [-0.1, -0.05) is 17.7 Å². The van der Waals surface area contributed by atoms with Crippen molar-refractivity contribution < 1.29 is 14.2 Å². The van der Waals surface area contributed by atoms with E-state index in [2.05, 4.69) is 23.2 Å². The largest absolute Gasteiger partial charge is 0.486 e. The molecular formula is C22H22ClN3O3. The second kappa shape index (κ2) is 5.86.